The summed E-state index contributed by atoms with van der Waals surface area (Å²) in [7, 11) is 1.63. The summed E-state index contributed by atoms with van der Waals surface area (Å²) in [5.74, 6) is 0.642. The van der Waals surface area contributed by atoms with Crippen molar-refractivity contribution >= 4 is 12.0 Å². The first-order chi connectivity index (χ1) is 14.2. The number of amides is 1. The number of nitrogens with zero attached hydrogens (tertiary/aromatic N) is 2. The maximum atomic E-state index is 12.5. The van der Waals surface area contributed by atoms with Gasteiger partial charge in [0, 0.05) is 22.9 Å². The Balaban J connectivity index is 1.46. The van der Waals surface area contributed by atoms with E-state index in [4.69, 9.17) is 4.74 Å². The van der Waals surface area contributed by atoms with Gasteiger partial charge in [-0.15, -0.1) is 0 Å². The molecule has 0 saturated carbocycles. The number of hydrogen-bond donors (Lipinski definition) is 1. The highest BCUT2D eigenvalue weighted by atomic mass is 16.5. The van der Waals surface area contributed by atoms with Crippen molar-refractivity contribution in [1.82, 2.24) is 15.1 Å². The summed E-state index contributed by atoms with van der Waals surface area (Å²) in [6.07, 6.45) is 8.22. The largest absolute Gasteiger partial charge is 0.496 e. The van der Waals surface area contributed by atoms with Gasteiger partial charge in [-0.2, -0.15) is 5.10 Å². The molecule has 5 nitrogen and oxygen atoms in total. The van der Waals surface area contributed by atoms with Crippen LogP contribution in [0.5, 0.6) is 5.75 Å². The molecule has 5 heteroatoms. The molecule has 0 spiro atoms. The number of fused-ring (bicyclic) bond motifs is 1. The molecular weight excluding hydrogens is 362 g/mol. The Morgan fingerprint density at radius 2 is 2.00 bits per heavy atom. The van der Waals surface area contributed by atoms with Crippen LogP contribution in [0.25, 0.3) is 6.08 Å². The van der Waals surface area contributed by atoms with Gasteiger partial charge < -0.3 is 10.1 Å². The lowest BCUT2D eigenvalue weighted by atomic mass is 9.93. The predicted molar refractivity (Wildman–Crippen MR) is 114 cm³/mol. The molecule has 2 aromatic carbocycles. The zero-order valence-electron chi connectivity index (χ0n) is 16.5. The van der Waals surface area contributed by atoms with Crippen molar-refractivity contribution in [2.24, 2.45) is 0 Å². The van der Waals surface area contributed by atoms with Crippen molar-refractivity contribution in [3.05, 3.63) is 89.3 Å². The van der Waals surface area contributed by atoms with Crippen LogP contribution in [0.2, 0.25) is 0 Å². The lowest BCUT2D eigenvalue weighted by molar-refractivity contribution is -0.117. The number of hydrogen-bond acceptors (Lipinski definition) is 3. The first-order valence-electron chi connectivity index (χ1n) is 9.94. The number of rotatable bonds is 6. The zero-order valence-corrected chi connectivity index (χ0v) is 16.5. The molecule has 1 N–H and O–H groups in total. The van der Waals surface area contributed by atoms with Crippen LogP contribution in [0.3, 0.4) is 0 Å². The summed E-state index contributed by atoms with van der Waals surface area (Å²) >= 11 is 0. The normalized spacial score (nSPS) is 15.8. The predicted octanol–water partition coefficient (Wildman–Crippen LogP) is 4.15. The highest BCUT2D eigenvalue weighted by molar-refractivity contribution is 5.92. The molecule has 4 rings (SSSR count). The van der Waals surface area contributed by atoms with Crippen molar-refractivity contribution in [2.75, 3.05) is 7.11 Å². The number of methoxy groups -OCH3 is 1. The Hall–Kier alpha value is -3.34. The van der Waals surface area contributed by atoms with Gasteiger partial charge in [0.1, 0.15) is 5.75 Å². The standard InChI is InChI=1S/C24H25N3O2/c1-29-23-13-6-5-10-19(23)14-15-24(28)26-21-11-7-12-22-20(21)16-25-27(22)17-18-8-3-2-4-9-18/h2-6,8-10,13-16,21H,7,11-12,17H2,1H3,(H,26,28)/b15-14+. The second-order valence-electron chi connectivity index (χ2n) is 7.22. The monoisotopic (exact) mass is 387 g/mol. The summed E-state index contributed by atoms with van der Waals surface area (Å²) in [5.41, 5.74) is 4.46. The zero-order chi connectivity index (χ0) is 20.1. The van der Waals surface area contributed by atoms with E-state index in [1.165, 1.54) is 11.3 Å². The Kier molecular flexibility index (Phi) is 5.75. The number of carbonyl (C=O) groups excluding carboxylic acids is 1. The van der Waals surface area contributed by atoms with E-state index in [1.807, 2.05) is 48.7 Å². The maximum absolute atomic E-state index is 12.5. The first kappa shape index (κ1) is 19.0. The summed E-state index contributed by atoms with van der Waals surface area (Å²) in [4.78, 5) is 12.5. The molecule has 3 aromatic rings. The maximum Gasteiger partial charge on any atom is 0.244 e. The van der Waals surface area contributed by atoms with Crippen LogP contribution in [0.4, 0.5) is 0 Å². The molecule has 0 fully saturated rings. The molecule has 1 heterocycles. The van der Waals surface area contributed by atoms with Gasteiger partial charge >= 0.3 is 0 Å². The van der Waals surface area contributed by atoms with Crippen molar-refractivity contribution in [1.29, 1.82) is 0 Å². The molecule has 0 bridgehead atoms. The molecule has 1 aromatic heterocycles. The molecule has 1 amide bonds. The lowest BCUT2D eigenvalue weighted by Gasteiger charge is -2.23. The topological polar surface area (TPSA) is 56.1 Å². The van der Waals surface area contributed by atoms with E-state index in [2.05, 4.69) is 27.2 Å². The van der Waals surface area contributed by atoms with Crippen LogP contribution in [0.15, 0.2) is 66.9 Å². The SMILES string of the molecule is COc1ccccc1/C=C/C(=O)NC1CCCc2c1cnn2Cc1ccccc1. The average Bonchev–Trinajstić information content (AvgIpc) is 3.17. The Labute approximate surface area is 171 Å². The molecular formula is C24H25N3O2. The number of nitrogens with one attached hydrogen (secondary N) is 1. The number of ether oxygens (including phenoxy) is 1. The van der Waals surface area contributed by atoms with E-state index >= 15 is 0 Å². The molecule has 1 unspecified atom stereocenters. The Bertz CT molecular complexity index is 1010. The molecule has 0 saturated heterocycles. The Morgan fingerprint density at radius 1 is 1.21 bits per heavy atom. The first-order valence-corrected chi connectivity index (χ1v) is 9.94. The smallest absolute Gasteiger partial charge is 0.244 e. The molecule has 1 aliphatic rings. The minimum atomic E-state index is -0.107. The second-order valence-corrected chi connectivity index (χ2v) is 7.22. The van der Waals surface area contributed by atoms with E-state index in [0.717, 1.165) is 42.7 Å². The number of carbonyl (C=O) groups is 1. The lowest BCUT2D eigenvalue weighted by Crippen LogP contribution is -2.29. The van der Waals surface area contributed by atoms with E-state index in [9.17, 15) is 4.79 Å². The van der Waals surface area contributed by atoms with Gasteiger partial charge in [-0.05, 0) is 37.0 Å². The summed E-state index contributed by atoms with van der Waals surface area (Å²) < 4.78 is 7.39. The van der Waals surface area contributed by atoms with Gasteiger partial charge in [-0.25, -0.2) is 0 Å². The van der Waals surface area contributed by atoms with E-state index < -0.39 is 0 Å². The van der Waals surface area contributed by atoms with Crippen molar-refractivity contribution in [3.8, 4) is 5.75 Å². The summed E-state index contributed by atoms with van der Waals surface area (Å²) in [6.45, 7) is 0.755. The van der Waals surface area contributed by atoms with Crippen LogP contribution >= 0.6 is 0 Å². The van der Waals surface area contributed by atoms with Crippen LogP contribution in [0.1, 0.15) is 41.3 Å². The molecule has 1 aliphatic carbocycles. The quantitative estimate of drug-likeness (QED) is 0.647. The van der Waals surface area contributed by atoms with E-state index in [-0.39, 0.29) is 11.9 Å². The van der Waals surface area contributed by atoms with Gasteiger partial charge in [0.15, 0.2) is 0 Å². The van der Waals surface area contributed by atoms with Crippen molar-refractivity contribution in [2.45, 2.75) is 31.8 Å². The highest BCUT2D eigenvalue weighted by Gasteiger charge is 2.25. The molecule has 0 aliphatic heterocycles. The average molecular weight is 387 g/mol. The van der Waals surface area contributed by atoms with Crippen molar-refractivity contribution in [3.63, 3.8) is 0 Å². The minimum Gasteiger partial charge on any atom is -0.496 e. The third-order valence-electron chi connectivity index (χ3n) is 5.31. The fraction of sp³-hybridized carbons (Fsp3) is 0.250. The van der Waals surface area contributed by atoms with Crippen LogP contribution < -0.4 is 10.1 Å². The summed E-state index contributed by atoms with van der Waals surface area (Å²) in [5, 5.41) is 7.74. The fourth-order valence-electron chi connectivity index (χ4n) is 3.85. The van der Waals surface area contributed by atoms with Gasteiger partial charge in [0.05, 0.1) is 25.9 Å². The molecule has 29 heavy (non-hydrogen) atoms. The van der Waals surface area contributed by atoms with Crippen molar-refractivity contribution < 1.29 is 9.53 Å². The third-order valence-corrected chi connectivity index (χ3v) is 5.31. The second kappa shape index (κ2) is 8.78. The van der Waals surface area contributed by atoms with Gasteiger partial charge in [-0.1, -0.05) is 48.5 Å². The van der Waals surface area contributed by atoms with Gasteiger partial charge in [0.25, 0.3) is 0 Å². The van der Waals surface area contributed by atoms with Crippen LogP contribution in [0, 0.1) is 0 Å². The fourth-order valence-corrected chi connectivity index (χ4v) is 3.85. The van der Waals surface area contributed by atoms with E-state index in [0.29, 0.717) is 0 Å². The van der Waals surface area contributed by atoms with Gasteiger partial charge in [0.2, 0.25) is 5.91 Å². The number of para-hydroxylation sites is 1. The minimum absolute atomic E-state index is 0.00177. The third kappa shape index (κ3) is 4.40. The molecule has 148 valence electrons. The molecule has 1 atom stereocenters. The van der Waals surface area contributed by atoms with Gasteiger partial charge in [-0.3, -0.25) is 9.48 Å². The number of benzene rings is 2. The van der Waals surface area contributed by atoms with Crippen LogP contribution in [-0.4, -0.2) is 22.8 Å². The van der Waals surface area contributed by atoms with Crippen LogP contribution in [-0.2, 0) is 17.8 Å². The van der Waals surface area contributed by atoms with E-state index in [1.54, 1.807) is 19.3 Å². The Morgan fingerprint density at radius 3 is 2.83 bits per heavy atom. The number of aromatic nitrogens is 2. The summed E-state index contributed by atoms with van der Waals surface area (Å²) in [6, 6.07) is 18.0. The molecule has 0 radical (unpaired) electrons. The highest BCUT2D eigenvalue weighted by Crippen LogP contribution is 2.30.